The Bertz CT molecular complexity index is 479. The molecular weight excluding hydrogens is 304 g/mol. The highest BCUT2D eigenvalue weighted by Gasteiger charge is 2.38. The summed E-state index contributed by atoms with van der Waals surface area (Å²) in [6.07, 6.45) is 4.70. The maximum atomic E-state index is 12.9. The molecule has 3 saturated heterocycles. The summed E-state index contributed by atoms with van der Waals surface area (Å²) in [6, 6.07) is 0.338. The van der Waals surface area contributed by atoms with Crippen LogP contribution in [0.2, 0.25) is 0 Å². The predicted molar refractivity (Wildman–Crippen MR) is 93.5 cm³/mol. The maximum absolute atomic E-state index is 12.9. The average Bonchev–Trinajstić information content (AvgIpc) is 3.10. The van der Waals surface area contributed by atoms with Gasteiger partial charge in [0, 0.05) is 51.2 Å². The molecule has 0 bridgehead atoms. The third kappa shape index (κ3) is 3.53. The Morgan fingerprint density at radius 3 is 2.00 bits per heavy atom. The first kappa shape index (κ1) is 17.5. The molecule has 3 amide bonds. The van der Waals surface area contributed by atoms with E-state index in [0.717, 1.165) is 58.3 Å². The molecule has 2 N–H and O–H groups in total. The van der Waals surface area contributed by atoms with Crippen molar-refractivity contribution in [2.24, 2.45) is 17.1 Å². The molecule has 0 aliphatic carbocycles. The summed E-state index contributed by atoms with van der Waals surface area (Å²) in [5.74, 6) is 0.334. The lowest BCUT2D eigenvalue weighted by Crippen LogP contribution is -2.56. The molecule has 6 nitrogen and oxygen atoms in total. The molecule has 3 aliphatic heterocycles. The van der Waals surface area contributed by atoms with E-state index >= 15 is 0 Å². The highest BCUT2D eigenvalue weighted by Crippen LogP contribution is 2.30. The minimum atomic E-state index is -0.0136. The SMILES string of the molecule is CC1(C)CN(C(=O)C2CCN(C(=O)N3CCCC3)CC2)CCC1N. The Kier molecular flexibility index (Phi) is 5.04. The summed E-state index contributed by atoms with van der Waals surface area (Å²) in [7, 11) is 0. The Labute approximate surface area is 145 Å². The van der Waals surface area contributed by atoms with Crippen molar-refractivity contribution in [3.05, 3.63) is 0 Å². The monoisotopic (exact) mass is 336 g/mol. The van der Waals surface area contributed by atoms with Gasteiger partial charge in [-0.2, -0.15) is 0 Å². The van der Waals surface area contributed by atoms with E-state index in [-0.39, 0.29) is 29.3 Å². The molecule has 6 heteroatoms. The normalized spacial score (nSPS) is 28.3. The molecule has 1 atom stereocenters. The van der Waals surface area contributed by atoms with Crippen LogP contribution < -0.4 is 5.73 Å². The number of likely N-dealkylation sites (tertiary alicyclic amines) is 3. The van der Waals surface area contributed by atoms with Crippen LogP contribution in [-0.4, -0.2) is 71.9 Å². The first-order valence-corrected chi connectivity index (χ1v) is 9.47. The van der Waals surface area contributed by atoms with Gasteiger partial charge in [-0.25, -0.2) is 4.79 Å². The van der Waals surface area contributed by atoms with Crippen LogP contribution in [0.3, 0.4) is 0 Å². The Morgan fingerprint density at radius 2 is 1.42 bits per heavy atom. The standard InChI is InChI=1S/C18H32N4O2/c1-18(2)13-22(12-7-15(18)19)16(23)14-5-10-21(11-6-14)17(24)20-8-3-4-9-20/h14-15H,3-13,19H2,1-2H3. The number of carbonyl (C=O) groups is 2. The van der Waals surface area contributed by atoms with E-state index in [0.29, 0.717) is 13.1 Å². The first-order valence-electron chi connectivity index (χ1n) is 9.47. The lowest BCUT2D eigenvalue weighted by Gasteiger charge is -2.44. The zero-order valence-corrected chi connectivity index (χ0v) is 15.2. The van der Waals surface area contributed by atoms with E-state index < -0.39 is 0 Å². The number of nitrogens with zero attached hydrogens (tertiary/aromatic N) is 3. The van der Waals surface area contributed by atoms with Crippen molar-refractivity contribution in [1.29, 1.82) is 0 Å². The number of urea groups is 1. The Balaban J connectivity index is 1.51. The second kappa shape index (κ2) is 6.90. The lowest BCUT2D eigenvalue weighted by molar-refractivity contribution is -0.140. The van der Waals surface area contributed by atoms with E-state index in [4.69, 9.17) is 5.73 Å². The quantitative estimate of drug-likeness (QED) is 0.789. The van der Waals surface area contributed by atoms with Crippen LogP contribution in [0.25, 0.3) is 0 Å². The van der Waals surface area contributed by atoms with Gasteiger partial charge in [0.15, 0.2) is 0 Å². The number of hydrogen-bond donors (Lipinski definition) is 1. The zero-order chi connectivity index (χ0) is 17.3. The van der Waals surface area contributed by atoms with Crippen molar-refractivity contribution < 1.29 is 9.59 Å². The topological polar surface area (TPSA) is 69.9 Å². The molecule has 3 heterocycles. The van der Waals surface area contributed by atoms with Crippen molar-refractivity contribution in [2.75, 3.05) is 39.3 Å². The smallest absolute Gasteiger partial charge is 0.319 e. The van der Waals surface area contributed by atoms with Crippen LogP contribution in [0.5, 0.6) is 0 Å². The molecule has 3 rings (SSSR count). The maximum Gasteiger partial charge on any atom is 0.319 e. The van der Waals surface area contributed by atoms with Crippen molar-refractivity contribution in [3.8, 4) is 0 Å². The molecule has 0 radical (unpaired) electrons. The van der Waals surface area contributed by atoms with Crippen molar-refractivity contribution in [2.45, 2.75) is 52.0 Å². The number of nitrogens with two attached hydrogens (primary N) is 1. The molecule has 24 heavy (non-hydrogen) atoms. The van der Waals surface area contributed by atoms with E-state index in [2.05, 4.69) is 13.8 Å². The second-order valence-corrected chi connectivity index (χ2v) is 8.38. The molecule has 0 aromatic heterocycles. The van der Waals surface area contributed by atoms with E-state index in [1.807, 2.05) is 14.7 Å². The molecule has 1 unspecified atom stereocenters. The average molecular weight is 336 g/mol. The van der Waals surface area contributed by atoms with E-state index in [1.165, 1.54) is 0 Å². The minimum Gasteiger partial charge on any atom is -0.342 e. The van der Waals surface area contributed by atoms with Crippen LogP contribution in [-0.2, 0) is 4.79 Å². The van der Waals surface area contributed by atoms with Gasteiger partial charge in [-0.15, -0.1) is 0 Å². The highest BCUT2D eigenvalue weighted by atomic mass is 16.2. The summed E-state index contributed by atoms with van der Waals surface area (Å²) in [5, 5.41) is 0. The Morgan fingerprint density at radius 1 is 0.875 bits per heavy atom. The van der Waals surface area contributed by atoms with Crippen molar-refractivity contribution >= 4 is 11.9 Å². The second-order valence-electron chi connectivity index (χ2n) is 8.38. The molecular formula is C18H32N4O2. The van der Waals surface area contributed by atoms with Gasteiger partial charge in [0.1, 0.15) is 0 Å². The largest absolute Gasteiger partial charge is 0.342 e. The molecule has 0 saturated carbocycles. The van der Waals surface area contributed by atoms with E-state index in [1.54, 1.807) is 0 Å². The summed E-state index contributed by atoms with van der Waals surface area (Å²) in [6.45, 7) is 9.02. The third-order valence-electron chi connectivity index (χ3n) is 6.12. The molecule has 3 aliphatic rings. The summed E-state index contributed by atoms with van der Waals surface area (Å²) < 4.78 is 0. The summed E-state index contributed by atoms with van der Waals surface area (Å²) >= 11 is 0. The highest BCUT2D eigenvalue weighted by molar-refractivity contribution is 5.80. The molecule has 0 aromatic carbocycles. The third-order valence-corrected chi connectivity index (χ3v) is 6.12. The van der Waals surface area contributed by atoms with Gasteiger partial charge in [-0.1, -0.05) is 13.8 Å². The van der Waals surface area contributed by atoms with Crippen LogP contribution in [0, 0.1) is 11.3 Å². The van der Waals surface area contributed by atoms with Crippen LogP contribution in [0.15, 0.2) is 0 Å². The number of carbonyl (C=O) groups excluding carboxylic acids is 2. The molecule has 136 valence electrons. The number of piperidine rings is 2. The van der Waals surface area contributed by atoms with Gasteiger partial charge in [-0.05, 0) is 37.5 Å². The first-order chi connectivity index (χ1) is 11.4. The predicted octanol–water partition coefficient (Wildman–Crippen LogP) is 1.50. The zero-order valence-electron chi connectivity index (χ0n) is 15.2. The minimum absolute atomic E-state index is 0.0136. The van der Waals surface area contributed by atoms with Crippen LogP contribution in [0.4, 0.5) is 4.79 Å². The van der Waals surface area contributed by atoms with Gasteiger partial charge in [0.05, 0.1) is 0 Å². The number of amides is 3. The van der Waals surface area contributed by atoms with Gasteiger partial charge < -0.3 is 20.4 Å². The van der Waals surface area contributed by atoms with Gasteiger partial charge >= 0.3 is 6.03 Å². The Hall–Kier alpha value is -1.30. The van der Waals surface area contributed by atoms with Crippen LogP contribution in [0.1, 0.15) is 46.0 Å². The van der Waals surface area contributed by atoms with Gasteiger partial charge in [0.25, 0.3) is 0 Å². The van der Waals surface area contributed by atoms with Crippen LogP contribution >= 0.6 is 0 Å². The number of hydrogen-bond acceptors (Lipinski definition) is 3. The van der Waals surface area contributed by atoms with Gasteiger partial charge in [-0.3, -0.25) is 4.79 Å². The summed E-state index contributed by atoms with van der Waals surface area (Å²) in [5.41, 5.74) is 6.16. The molecule has 3 fully saturated rings. The molecule has 0 spiro atoms. The van der Waals surface area contributed by atoms with Crippen molar-refractivity contribution in [3.63, 3.8) is 0 Å². The van der Waals surface area contributed by atoms with Gasteiger partial charge in [0.2, 0.25) is 5.91 Å². The summed E-state index contributed by atoms with van der Waals surface area (Å²) in [4.78, 5) is 31.2. The fourth-order valence-corrected chi connectivity index (χ4v) is 4.25. The lowest BCUT2D eigenvalue weighted by atomic mass is 9.79. The number of rotatable bonds is 1. The van der Waals surface area contributed by atoms with E-state index in [9.17, 15) is 9.59 Å². The fraction of sp³-hybridized carbons (Fsp3) is 0.889. The molecule has 0 aromatic rings. The van der Waals surface area contributed by atoms with Crippen molar-refractivity contribution in [1.82, 2.24) is 14.7 Å². The fourth-order valence-electron chi connectivity index (χ4n) is 4.25.